The first-order valence-electron chi connectivity index (χ1n) is 6.98. The molecule has 0 aliphatic heterocycles. The highest BCUT2D eigenvalue weighted by atomic mass is 15.0. The molecule has 0 spiro atoms. The van der Waals surface area contributed by atoms with E-state index in [9.17, 15) is 0 Å². The summed E-state index contributed by atoms with van der Waals surface area (Å²) in [5, 5.41) is 3.91. The van der Waals surface area contributed by atoms with Gasteiger partial charge in [0.25, 0.3) is 0 Å². The van der Waals surface area contributed by atoms with Gasteiger partial charge in [-0.15, -0.1) is 0 Å². The molecule has 0 saturated heterocycles. The van der Waals surface area contributed by atoms with Crippen LogP contribution in [0.5, 0.6) is 0 Å². The minimum atomic E-state index is 0.820. The normalized spacial score (nSPS) is 45.4. The van der Waals surface area contributed by atoms with Crippen LogP contribution in [0.2, 0.25) is 0 Å². The smallest absolute Gasteiger partial charge is 0.0102 e. The van der Waals surface area contributed by atoms with Crippen molar-refractivity contribution in [2.45, 2.75) is 71.4 Å². The molecule has 5 unspecified atom stereocenters. The molecule has 0 radical (unpaired) electrons. The lowest BCUT2D eigenvalue weighted by Gasteiger charge is -2.35. The molecule has 0 aromatic rings. The molecule has 2 saturated carbocycles. The summed E-state index contributed by atoms with van der Waals surface area (Å²) in [7, 11) is 0. The van der Waals surface area contributed by atoms with Crippen LogP contribution in [0, 0.1) is 17.8 Å². The Balaban J connectivity index is 1.75. The molecule has 2 aliphatic carbocycles. The van der Waals surface area contributed by atoms with Crippen LogP contribution in [0.4, 0.5) is 0 Å². The van der Waals surface area contributed by atoms with Crippen molar-refractivity contribution >= 4 is 0 Å². The summed E-state index contributed by atoms with van der Waals surface area (Å²) in [6.45, 7) is 7.17. The van der Waals surface area contributed by atoms with Gasteiger partial charge in [0.05, 0.1) is 0 Å². The zero-order chi connectivity index (χ0) is 10.8. The van der Waals surface area contributed by atoms with E-state index in [1.807, 2.05) is 0 Å². The summed E-state index contributed by atoms with van der Waals surface area (Å²) in [4.78, 5) is 0. The second-order valence-electron chi connectivity index (χ2n) is 5.93. The Kier molecular flexibility index (Phi) is 3.71. The first-order chi connectivity index (χ1) is 7.22. The molecule has 15 heavy (non-hydrogen) atoms. The lowest BCUT2D eigenvalue weighted by atomic mass is 9.78. The predicted octanol–water partition coefficient (Wildman–Crippen LogP) is 3.59. The highest BCUT2D eigenvalue weighted by Crippen LogP contribution is 2.37. The van der Waals surface area contributed by atoms with E-state index >= 15 is 0 Å². The predicted molar refractivity (Wildman–Crippen MR) is 65.9 cm³/mol. The van der Waals surface area contributed by atoms with Crippen molar-refractivity contribution in [2.75, 3.05) is 0 Å². The van der Waals surface area contributed by atoms with Crippen LogP contribution in [-0.4, -0.2) is 12.1 Å². The minimum absolute atomic E-state index is 0.820. The minimum Gasteiger partial charge on any atom is -0.311 e. The first-order valence-corrected chi connectivity index (χ1v) is 6.98. The van der Waals surface area contributed by atoms with Crippen molar-refractivity contribution in [3.05, 3.63) is 0 Å². The van der Waals surface area contributed by atoms with Gasteiger partial charge < -0.3 is 5.32 Å². The van der Waals surface area contributed by atoms with E-state index in [0.29, 0.717) is 0 Å². The number of rotatable bonds is 4. The maximum absolute atomic E-state index is 3.91. The molecule has 0 aromatic heterocycles. The SMILES string of the molecule is CCCC1CC1NC1CCCC(C)C1C. The van der Waals surface area contributed by atoms with Gasteiger partial charge in [0.1, 0.15) is 0 Å². The fraction of sp³-hybridized carbons (Fsp3) is 1.00. The van der Waals surface area contributed by atoms with Gasteiger partial charge in [-0.1, -0.05) is 40.0 Å². The van der Waals surface area contributed by atoms with Crippen LogP contribution in [0.25, 0.3) is 0 Å². The summed E-state index contributed by atoms with van der Waals surface area (Å²) in [6, 6.07) is 1.70. The third-order valence-electron chi connectivity index (χ3n) is 4.72. The molecular formula is C14H27N. The van der Waals surface area contributed by atoms with Crippen molar-refractivity contribution < 1.29 is 0 Å². The van der Waals surface area contributed by atoms with Gasteiger partial charge in [0.2, 0.25) is 0 Å². The molecule has 2 fully saturated rings. The Morgan fingerprint density at radius 1 is 1.13 bits per heavy atom. The monoisotopic (exact) mass is 209 g/mol. The highest BCUT2D eigenvalue weighted by molar-refractivity contribution is 4.96. The summed E-state index contributed by atoms with van der Waals surface area (Å²) >= 11 is 0. The standard InChI is InChI=1S/C14H27N/c1-4-6-12-9-14(12)15-13-8-5-7-10(2)11(13)3/h10-15H,4-9H2,1-3H3. The molecule has 0 bridgehead atoms. The summed E-state index contributed by atoms with van der Waals surface area (Å²) in [6.07, 6.45) is 8.55. The molecule has 1 N–H and O–H groups in total. The van der Waals surface area contributed by atoms with Crippen molar-refractivity contribution in [1.82, 2.24) is 5.32 Å². The summed E-state index contributed by atoms with van der Waals surface area (Å²) in [5.41, 5.74) is 0. The van der Waals surface area contributed by atoms with Gasteiger partial charge >= 0.3 is 0 Å². The lowest BCUT2D eigenvalue weighted by molar-refractivity contribution is 0.203. The maximum Gasteiger partial charge on any atom is 0.0102 e. The average Bonchev–Trinajstić information content (AvgIpc) is 2.93. The third kappa shape index (κ3) is 2.75. The Bertz CT molecular complexity index is 202. The topological polar surface area (TPSA) is 12.0 Å². The Labute approximate surface area is 95.0 Å². The van der Waals surface area contributed by atoms with E-state index < -0.39 is 0 Å². The molecule has 5 atom stereocenters. The fourth-order valence-electron chi connectivity index (χ4n) is 3.23. The zero-order valence-corrected chi connectivity index (χ0v) is 10.6. The van der Waals surface area contributed by atoms with Crippen molar-refractivity contribution in [1.29, 1.82) is 0 Å². The zero-order valence-electron chi connectivity index (χ0n) is 10.6. The first kappa shape index (κ1) is 11.4. The van der Waals surface area contributed by atoms with E-state index in [4.69, 9.17) is 0 Å². The van der Waals surface area contributed by atoms with Crippen LogP contribution in [0.15, 0.2) is 0 Å². The van der Waals surface area contributed by atoms with E-state index in [1.165, 1.54) is 38.5 Å². The third-order valence-corrected chi connectivity index (χ3v) is 4.72. The lowest BCUT2D eigenvalue weighted by Crippen LogP contribution is -2.42. The Hall–Kier alpha value is -0.0400. The molecule has 88 valence electrons. The van der Waals surface area contributed by atoms with E-state index in [2.05, 4.69) is 26.1 Å². The summed E-state index contributed by atoms with van der Waals surface area (Å²) < 4.78 is 0. The van der Waals surface area contributed by atoms with Gasteiger partial charge in [-0.05, 0) is 37.0 Å². The van der Waals surface area contributed by atoms with Crippen LogP contribution < -0.4 is 5.32 Å². The van der Waals surface area contributed by atoms with E-state index in [-0.39, 0.29) is 0 Å². The fourth-order valence-corrected chi connectivity index (χ4v) is 3.23. The summed E-state index contributed by atoms with van der Waals surface area (Å²) in [5.74, 6) is 2.83. The van der Waals surface area contributed by atoms with Gasteiger partial charge in [-0.2, -0.15) is 0 Å². The number of hydrogen-bond acceptors (Lipinski definition) is 1. The van der Waals surface area contributed by atoms with Gasteiger partial charge in [-0.3, -0.25) is 0 Å². The van der Waals surface area contributed by atoms with Gasteiger partial charge in [-0.25, -0.2) is 0 Å². The molecular weight excluding hydrogens is 182 g/mol. The molecule has 0 amide bonds. The Morgan fingerprint density at radius 2 is 1.93 bits per heavy atom. The molecule has 1 heteroatoms. The second kappa shape index (κ2) is 4.86. The van der Waals surface area contributed by atoms with E-state index in [0.717, 1.165) is 29.8 Å². The molecule has 0 aromatic carbocycles. The largest absolute Gasteiger partial charge is 0.311 e. The van der Waals surface area contributed by atoms with Crippen molar-refractivity contribution in [3.8, 4) is 0 Å². The maximum atomic E-state index is 3.91. The van der Waals surface area contributed by atoms with Gasteiger partial charge in [0, 0.05) is 12.1 Å². The highest BCUT2D eigenvalue weighted by Gasteiger charge is 2.39. The van der Waals surface area contributed by atoms with Crippen LogP contribution in [0.3, 0.4) is 0 Å². The van der Waals surface area contributed by atoms with Crippen molar-refractivity contribution in [2.24, 2.45) is 17.8 Å². The Morgan fingerprint density at radius 3 is 2.67 bits per heavy atom. The molecule has 2 rings (SSSR count). The number of nitrogens with one attached hydrogen (secondary N) is 1. The average molecular weight is 209 g/mol. The molecule has 0 heterocycles. The quantitative estimate of drug-likeness (QED) is 0.746. The van der Waals surface area contributed by atoms with Crippen LogP contribution in [-0.2, 0) is 0 Å². The molecule has 1 nitrogen and oxygen atoms in total. The second-order valence-corrected chi connectivity index (χ2v) is 5.93. The number of hydrogen-bond donors (Lipinski definition) is 1. The molecule has 2 aliphatic rings. The van der Waals surface area contributed by atoms with Crippen LogP contribution >= 0.6 is 0 Å². The van der Waals surface area contributed by atoms with Gasteiger partial charge in [0.15, 0.2) is 0 Å². The van der Waals surface area contributed by atoms with E-state index in [1.54, 1.807) is 0 Å². The van der Waals surface area contributed by atoms with Crippen LogP contribution in [0.1, 0.15) is 59.3 Å². The van der Waals surface area contributed by atoms with Crippen molar-refractivity contribution in [3.63, 3.8) is 0 Å².